The molecule has 2 aliphatic rings. The van der Waals surface area contributed by atoms with Crippen molar-refractivity contribution in [3.8, 4) is 22.5 Å². The lowest BCUT2D eigenvalue weighted by Crippen LogP contribution is -2.31. The number of carbonyl (C=O) groups excluding carboxylic acids is 2. The number of H-pyrrole nitrogens is 1. The maximum Gasteiger partial charge on any atom is 0.253 e. The second-order valence-electron chi connectivity index (χ2n) is 17.1. The maximum atomic E-state index is 14.0. The fourth-order valence-corrected chi connectivity index (χ4v) is 9.72. The molecule has 60 heavy (non-hydrogen) atoms. The number of aromatic amines is 1. The van der Waals surface area contributed by atoms with Crippen molar-refractivity contribution in [2.24, 2.45) is 11.8 Å². The van der Waals surface area contributed by atoms with Gasteiger partial charge in [0.05, 0.1) is 34.8 Å². The summed E-state index contributed by atoms with van der Waals surface area (Å²) in [6.07, 6.45) is 12.5. The third kappa shape index (κ3) is 9.72. The first-order valence-electron chi connectivity index (χ1n) is 21.4. The van der Waals surface area contributed by atoms with Crippen molar-refractivity contribution in [3.05, 3.63) is 152 Å². The number of nitrogens with zero attached hydrogens (tertiary/aromatic N) is 3. The lowest BCUT2D eigenvalue weighted by molar-refractivity contribution is 0.0935. The molecular weight excluding hydrogens is 787 g/mol. The molecule has 0 radical (unpaired) electrons. The first-order chi connectivity index (χ1) is 29.1. The van der Waals surface area contributed by atoms with Crippen LogP contribution in [-0.4, -0.2) is 44.4 Å². The highest BCUT2D eigenvalue weighted by Crippen LogP contribution is 2.38. The van der Waals surface area contributed by atoms with Crippen LogP contribution in [0.2, 0.25) is 10.0 Å². The minimum Gasteiger partial charge on any atom is -0.358 e. The molecule has 10 heteroatoms. The Morgan fingerprint density at radius 2 is 1.18 bits per heavy atom. The molecular formula is C50H54Cl2N6O2. The zero-order valence-electron chi connectivity index (χ0n) is 34.7. The average molecular weight is 842 g/mol. The Kier molecular flexibility index (Phi) is 12.9. The summed E-state index contributed by atoms with van der Waals surface area (Å²) in [6, 6.07) is 28.0. The van der Waals surface area contributed by atoms with Gasteiger partial charge in [0.2, 0.25) is 0 Å². The van der Waals surface area contributed by atoms with E-state index in [4.69, 9.17) is 28.2 Å². The molecule has 2 aromatic carbocycles. The van der Waals surface area contributed by atoms with Crippen molar-refractivity contribution in [1.82, 2.24) is 30.2 Å². The van der Waals surface area contributed by atoms with Crippen LogP contribution in [0.15, 0.2) is 97.3 Å². The van der Waals surface area contributed by atoms with Crippen LogP contribution in [0.3, 0.4) is 0 Å². The summed E-state index contributed by atoms with van der Waals surface area (Å²) in [4.78, 5) is 40.0. The normalized spacial score (nSPS) is 19.2. The Hall–Kier alpha value is -5.18. The standard InChI is InChI=1S/C50H54Cl2N6O2/c1-31-24-40(20-22-53-31)36-8-4-35(5-9-36)29-56-50(60)46-26-33(3)58(48(46)39-14-18-43(52)19-15-39)30-44-27-41(21-23-54-44)37-10-6-34(7-11-37)28-55-49(59)45-25-32(2)57-47(45)38-12-16-42(51)17-13-38/h12-27,34-37,57H,4-11,28-30H2,1-3H3,(H,55,59)(H,56,60). The van der Waals surface area contributed by atoms with Gasteiger partial charge in [-0.3, -0.25) is 19.6 Å². The molecule has 2 aliphatic carbocycles. The van der Waals surface area contributed by atoms with Crippen molar-refractivity contribution in [2.45, 2.75) is 90.5 Å². The number of aryl methyl sites for hydroxylation is 3. The largest absolute Gasteiger partial charge is 0.358 e. The van der Waals surface area contributed by atoms with Gasteiger partial charge < -0.3 is 20.2 Å². The molecule has 0 aliphatic heterocycles. The minimum atomic E-state index is -0.0566. The van der Waals surface area contributed by atoms with Gasteiger partial charge in [-0.2, -0.15) is 0 Å². The Bertz CT molecular complexity index is 2440. The van der Waals surface area contributed by atoms with Gasteiger partial charge in [-0.1, -0.05) is 47.5 Å². The number of amides is 2. The van der Waals surface area contributed by atoms with E-state index in [1.54, 1.807) is 0 Å². The van der Waals surface area contributed by atoms with E-state index in [1.807, 2.05) is 80.0 Å². The highest BCUT2D eigenvalue weighted by atomic mass is 35.5. The summed E-state index contributed by atoms with van der Waals surface area (Å²) >= 11 is 12.4. The van der Waals surface area contributed by atoms with Crippen LogP contribution in [0.25, 0.3) is 22.5 Å². The van der Waals surface area contributed by atoms with Gasteiger partial charge in [0.25, 0.3) is 11.8 Å². The van der Waals surface area contributed by atoms with Crippen molar-refractivity contribution in [2.75, 3.05) is 13.1 Å². The fourth-order valence-electron chi connectivity index (χ4n) is 9.47. The molecule has 3 N–H and O–H groups in total. The van der Waals surface area contributed by atoms with Gasteiger partial charge >= 0.3 is 0 Å². The van der Waals surface area contributed by atoms with Crippen LogP contribution in [0.4, 0.5) is 0 Å². The van der Waals surface area contributed by atoms with E-state index >= 15 is 0 Å². The van der Waals surface area contributed by atoms with Gasteiger partial charge in [0, 0.05) is 52.6 Å². The van der Waals surface area contributed by atoms with Gasteiger partial charge in [0.1, 0.15) is 0 Å². The van der Waals surface area contributed by atoms with E-state index < -0.39 is 0 Å². The number of hydrogen-bond acceptors (Lipinski definition) is 4. The number of benzene rings is 2. The topological polar surface area (TPSA) is 105 Å². The van der Waals surface area contributed by atoms with E-state index in [1.165, 1.54) is 11.1 Å². The van der Waals surface area contributed by atoms with E-state index in [-0.39, 0.29) is 11.8 Å². The number of pyridine rings is 2. The molecule has 0 saturated heterocycles. The molecule has 2 saturated carbocycles. The highest BCUT2D eigenvalue weighted by molar-refractivity contribution is 6.31. The van der Waals surface area contributed by atoms with Crippen LogP contribution in [0.5, 0.6) is 0 Å². The third-order valence-corrected chi connectivity index (χ3v) is 13.3. The summed E-state index contributed by atoms with van der Waals surface area (Å²) in [5, 5.41) is 7.87. The number of halogens is 2. The van der Waals surface area contributed by atoms with Crippen LogP contribution in [-0.2, 0) is 6.54 Å². The SMILES string of the molecule is Cc1cc(C2CCC(CNC(=O)c3cc(C)n(Cc4cc(C5CCC(CNC(=O)c6cc(C)[nH]c6-c6ccc(Cl)cc6)CC5)ccn4)c3-c3ccc(Cl)cc3)CC2)ccn1. The Labute approximate surface area is 363 Å². The summed E-state index contributed by atoms with van der Waals surface area (Å²) in [5.74, 6) is 1.76. The van der Waals surface area contributed by atoms with Crippen molar-refractivity contribution in [3.63, 3.8) is 0 Å². The van der Waals surface area contributed by atoms with E-state index in [0.717, 1.165) is 96.7 Å². The fraction of sp³-hybridized carbons (Fsp3) is 0.360. The summed E-state index contributed by atoms with van der Waals surface area (Å²) < 4.78 is 2.22. The number of hydrogen-bond donors (Lipinski definition) is 3. The van der Waals surface area contributed by atoms with Crippen molar-refractivity contribution < 1.29 is 9.59 Å². The molecule has 2 amide bonds. The predicted octanol–water partition coefficient (Wildman–Crippen LogP) is 11.6. The number of rotatable bonds is 12. The van der Waals surface area contributed by atoms with Gasteiger partial charge in [-0.05, 0) is 179 Å². The summed E-state index contributed by atoms with van der Waals surface area (Å²) in [7, 11) is 0. The predicted molar refractivity (Wildman–Crippen MR) is 242 cm³/mol. The molecule has 4 heterocycles. The van der Waals surface area contributed by atoms with Gasteiger partial charge in [-0.25, -0.2) is 0 Å². The molecule has 8 nitrogen and oxygen atoms in total. The second kappa shape index (κ2) is 18.6. The lowest BCUT2D eigenvalue weighted by Gasteiger charge is -2.29. The van der Waals surface area contributed by atoms with E-state index in [0.29, 0.717) is 64.5 Å². The zero-order valence-corrected chi connectivity index (χ0v) is 36.3. The van der Waals surface area contributed by atoms with Crippen LogP contribution in [0, 0.1) is 32.6 Å². The zero-order chi connectivity index (χ0) is 41.8. The lowest BCUT2D eigenvalue weighted by atomic mass is 9.78. The van der Waals surface area contributed by atoms with Gasteiger partial charge in [0.15, 0.2) is 0 Å². The third-order valence-electron chi connectivity index (χ3n) is 12.8. The molecule has 2 fully saturated rings. The Morgan fingerprint density at radius 1 is 0.650 bits per heavy atom. The second-order valence-corrected chi connectivity index (χ2v) is 17.9. The number of carbonyl (C=O) groups is 2. The smallest absolute Gasteiger partial charge is 0.253 e. The van der Waals surface area contributed by atoms with Crippen LogP contribution in [0.1, 0.15) is 118 Å². The Morgan fingerprint density at radius 3 is 1.77 bits per heavy atom. The first-order valence-corrected chi connectivity index (χ1v) is 22.2. The molecule has 0 bridgehead atoms. The highest BCUT2D eigenvalue weighted by Gasteiger charge is 2.27. The number of aromatic nitrogens is 4. The van der Waals surface area contributed by atoms with E-state index in [2.05, 4.69) is 63.3 Å². The first kappa shape index (κ1) is 41.5. The summed E-state index contributed by atoms with van der Waals surface area (Å²) in [5.41, 5.74) is 11.5. The molecule has 0 unspecified atom stereocenters. The quantitative estimate of drug-likeness (QED) is 0.114. The average Bonchev–Trinajstić information content (AvgIpc) is 3.82. The van der Waals surface area contributed by atoms with Crippen LogP contribution < -0.4 is 10.6 Å². The van der Waals surface area contributed by atoms with Gasteiger partial charge in [-0.15, -0.1) is 0 Å². The molecule has 310 valence electrons. The maximum absolute atomic E-state index is 14.0. The molecule has 8 rings (SSSR count). The molecule has 6 aromatic rings. The molecule has 4 aromatic heterocycles. The summed E-state index contributed by atoms with van der Waals surface area (Å²) in [6.45, 7) is 7.95. The number of nitrogens with one attached hydrogen (secondary N) is 3. The van der Waals surface area contributed by atoms with Crippen molar-refractivity contribution in [1.29, 1.82) is 0 Å². The van der Waals surface area contributed by atoms with Crippen molar-refractivity contribution >= 4 is 35.0 Å². The minimum absolute atomic E-state index is 0.0476. The molecule has 0 spiro atoms. The van der Waals surface area contributed by atoms with Crippen LogP contribution >= 0.6 is 23.2 Å². The Balaban J connectivity index is 0.898. The van der Waals surface area contributed by atoms with E-state index in [9.17, 15) is 9.59 Å². The monoisotopic (exact) mass is 840 g/mol. The molecule has 0 atom stereocenters.